The van der Waals surface area contributed by atoms with Crippen molar-refractivity contribution in [3.63, 3.8) is 0 Å². The number of hydrogen-bond acceptors (Lipinski definition) is 4. The van der Waals surface area contributed by atoms with E-state index in [-0.39, 0.29) is 12.1 Å². The second-order valence-corrected chi connectivity index (χ2v) is 5.92. The fraction of sp³-hybridized carbons (Fsp3) is 0.438. The molecule has 1 aromatic heterocycles. The fourth-order valence-electron chi connectivity index (χ4n) is 3.60. The molecule has 2 bridgehead atoms. The summed E-state index contributed by atoms with van der Waals surface area (Å²) in [6.45, 7) is 1.34. The topological polar surface area (TPSA) is 54.4 Å². The molecular weight excluding hydrogens is 252 g/mol. The quantitative estimate of drug-likeness (QED) is 0.826. The summed E-state index contributed by atoms with van der Waals surface area (Å²) < 4.78 is 5.56. The first-order chi connectivity index (χ1) is 9.74. The van der Waals surface area contributed by atoms with Gasteiger partial charge in [-0.3, -0.25) is 4.98 Å². The number of piperidine rings is 1. The van der Waals surface area contributed by atoms with Gasteiger partial charge in [0.05, 0.1) is 18.9 Å². The fourth-order valence-corrected chi connectivity index (χ4v) is 3.60. The van der Waals surface area contributed by atoms with Crippen molar-refractivity contribution in [1.29, 1.82) is 0 Å². The molecule has 4 nitrogen and oxygen atoms in total. The number of ether oxygens (including phenoxy) is 1. The first-order valence-corrected chi connectivity index (χ1v) is 7.15. The number of benzene rings is 1. The van der Waals surface area contributed by atoms with Crippen LogP contribution in [0, 0.1) is 0 Å². The number of aliphatic hydroxyl groups is 1. The number of aromatic nitrogens is 1. The minimum atomic E-state index is -0.856. The van der Waals surface area contributed by atoms with Crippen LogP contribution >= 0.6 is 0 Å². The van der Waals surface area contributed by atoms with Crippen molar-refractivity contribution in [2.45, 2.75) is 30.5 Å². The van der Waals surface area contributed by atoms with Gasteiger partial charge in [0.15, 0.2) is 0 Å². The average Bonchev–Trinajstić information content (AvgIpc) is 2.46. The Balaban J connectivity index is 1.81. The molecule has 2 aromatic rings. The number of morpholine rings is 1. The Morgan fingerprint density at radius 3 is 2.70 bits per heavy atom. The Morgan fingerprint density at radius 2 is 1.90 bits per heavy atom. The summed E-state index contributed by atoms with van der Waals surface area (Å²) in [4.78, 5) is 4.51. The van der Waals surface area contributed by atoms with Crippen LogP contribution in [0.3, 0.4) is 0 Å². The molecule has 0 saturated carbocycles. The molecule has 2 atom stereocenters. The van der Waals surface area contributed by atoms with E-state index in [1.54, 1.807) is 6.20 Å². The van der Waals surface area contributed by atoms with Gasteiger partial charge in [0.25, 0.3) is 0 Å². The Labute approximate surface area is 117 Å². The molecule has 0 aliphatic carbocycles. The summed E-state index contributed by atoms with van der Waals surface area (Å²) in [5, 5.41) is 16.9. The number of hydrogen-bond donors (Lipinski definition) is 2. The molecule has 0 radical (unpaired) electrons. The van der Waals surface area contributed by atoms with Gasteiger partial charge in [-0.2, -0.15) is 0 Å². The van der Waals surface area contributed by atoms with Crippen molar-refractivity contribution in [2.24, 2.45) is 0 Å². The summed E-state index contributed by atoms with van der Waals surface area (Å²) in [7, 11) is 0. The maximum Gasteiger partial charge on any atom is 0.110 e. The zero-order chi connectivity index (χ0) is 13.6. The van der Waals surface area contributed by atoms with E-state index in [4.69, 9.17) is 4.74 Å². The summed E-state index contributed by atoms with van der Waals surface area (Å²) >= 11 is 0. The molecule has 2 aliphatic rings. The molecule has 2 aliphatic heterocycles. The van der Waals surface area contributed by atoms with Crippen molar-refractivity contribution in [1.82, 2.24) is 10.3 Å². The van der Waals surface area contributed by atoms with Gasteiger partial charge in [0, 0.05) is 23.7 Å². The van der Waals surface area contributed by atoms with Gasteiger partial charge >= 0.3 is 0 Å². The highest BCUT2D eigenvalue weighted by Crippen LogP contribution is 2.38. The third-order valence-electron chi connectivity index (χ3n) is 4.39. The molecular formula is C16H18N2O2. The third kappa shape index (κ3) is 1.92. The number of nitrogens with one attached hydrogen (secondary N) is 1. The highest BCUT2D eigenvalue weighted by atomic mass is 16.5. The van der Waals surface area contributed by atoms with Gasteiger partial charge in [-0.1, -0.05) is 24.3 Å². The van der Waals surface area contributed by atoms with E-state index >= 15 is 0 Å². The molecule has 104 valence electrons. The van der Waals surface area contributed by atoms with Crippen molar-refractivity contribution in [3.8, 4) is 0 Å². The second kappa shape index (κ2) is 4.52. The van der Waals surface area contributed by atoms with Gasteiger partial charge in [-0.25, -0.2) is 0 Å². The molecule has 1 aromatic carbocycles. The standard InChI is InChI=1S/C16H18N2O2/c19-16(7-12-9-20-10-13(8-16)18-12)15-14-4-2-1-3-11(14)5-6-17-15/h1-6,12-13,18-19H,7-10H2. The first-order valence-electron chi connectivity index (χ1n) is 7.15. The minimum absolute atomic E-state index is 0.216. The summed E-state index contributed by atoms with van der Waals surface area (Å²) in [6, 6.07) is 10.6. The van der Waals surface area contributed by atoms with Crippen LogP contribution in [0.25, 0.3) is 10.8 Å². The number of nitrogens with zero attached hydrogens (tertiary/aromatic N) is 1. The predicted octanol–water partition coefficient (Wildman–Crippen LogP) is 1.57. The van der Waals surface area contributed by atoms with Crippen molar-refractivity contribution in [2.75, 3.05) is 13.2 Å². The maximum absolute atomic E-state index is 11.2. The summed E-state index contributed by atoms with van der Waals surface area (Å²) in [6.07, 6.45) is 3.11. The van der Waals surface area contributed by atoms with Gasteiger partial charge < -0.3 is 15.2 Å². The average molecular weight is 270 g/mol. The SMILES string of the molecule is OC1(c2nccc3ccccc23)CC2COCC(C1)N2. The summed E-state index contributed by atoms with van der Waals surface area (Å²) in [5.74, 6) is 0. The van der Waals surface area contributed by atoms with Crippen molar-refractivity contribution in [3.05, 3.63) is 42.2 Å². The molecule has 3 heterocycles. The molecule has 4 heteroatoms. The molecule has 2 saturated heterocycles. The number of fused-ring (bicyclic) bond motifs is 3. The van der Waals surface area contributed by atoms with Crippen LogP contribution in [-0.4, -0.2) is 35.4 Å². The van der Waals surface area contributed by atoms with Crippen LogP contribution < -0.4 is 5.32 Å². The zero-order valence-electron chi connectivity index (χ0n) is 11.2. The van der Waals surface area contributed by atoms with E-state index in [2.05, 4.69) is 16.4 Å². The van der Waals surface area contributed by atoms with Crippen molar-refractivity contribution >= 4 is 10.8 Å². The Morgan fingerprint density at radius 1 is 1.15 bits per heavy atom. The van der Waals surface area contributed by atoms with Crippen molar-refractivity contribution < 1.29 is 9.84 Å². The highest BCUT2D eigenvalue weighted by Gasteiger charge is 2.43. The van der Waals surface area contributed by atoms with Gasteiger partial charge in [-0.05, 0) is 24.3 Å². The monoisotopic (exact) mass is 270 g/mol. The Hall–Kier alpha value is -1.49. The van der Waals surface area contributed by atoms with Gasteiger partial charge in [0.1, 0.15) is 5.60 Å². The van der Waals surface area contributed by atoms with Crippen LogP contribution in [0.1, 0.15) is 18.5 Å². The molecule has 0 spiro atoms. The van der Waals surface area contributed by atoms with Crippen LogP contribution in [-0.2, 0) is 10.3 Å². The Bertz CT molecular complexity index is 626. The minimum Gasteiger partial charge on any atom is -0.383 e. The van der Waals surface area contributed by atoms with Crippen LogP contribution in [0.15, 0.2) is 36.5 Å². The van der Waals surface area contributed by atoms with Gasteiger partial charge in [0.2, 0.25) is 0 Å². The molecule has 2 N–H and O–H groups in total. The zero-order valence-corrected chi connectivity index (χ0v) is 11.2. The van der Waals surface area contributed by atoms with Crippen LogP contribution in [0.4, 0.5) is 0 Å². The third-order valence-corrected chi connectivity index (χ3v) is 4.39. The van der Waals surface area contributed by atoms with E-state index in [1.165, 1.54) is 0 Å². The highest BCUT2D eigenvalue weighted by molar-refractivity contribution is 5.85. The normalized spacial score (nSPS) is 33.2. The van der Waals surface area contributed by atoms with Crippen LogP contribution in [0.2, 0.25) is 0 Å². The first kappa shape index (κ1) is 12.3. The predicted molar refractivity (Wildman–Crippen MR) is 76.4 cm³/mol. The lowest BCUT2D eigenvalue weighted by molar-refractivity contribution is -0.0815. The molecule has 20 heavy (non-hydrogen) atoms. The lowest BCUT2D eigenvalue weighted by atomic mass is 9.79. The lowest BCUT2D eigenvalue weighted by Crippen LogP contribution is -2.58. The van der Waals surface area contributed by atoms with E-state index in [9.17, 15) is 5.11 Å². The van der Waals surface area contributed by atoms with E-state index in [0.29, 0.717) is 26.1 Å². The largest absolute Gasteiger partial charge is 0.383 e. The molecule has 2 fully saturated rings. The second-order valence-electron chi connectivity index (χ2n) is 5.92. The molecule has 2 unspecified atom stereocenters. The van der Waals surface area contributed by atoms with E-state index in [1.807, 2.05) is 24.3 Å². The molecule has 0 amide bonds. The van der Waals surface area contributed by atoms with Gasteiger partial charge in [-0.15, -0.1) is 0 Å². The summed E-state index contributed by atoms with van der Waals surface area (Å²) in [5.41, 5.74) is -0.0420. The number of rotatable bonds is 1. The Kier molecular flexibility index (Phi) is 2.77. The smallest absolute Gasteiger partial charge is 0.110 e. The maximum atomic E-state index is 11.2. The molecule has 4 rings (SSSR count). The lowest BCUT2D eigenvalue weighted by Gasteiger charge is -2.44. The van der Waals surface area contributed by atoms with E-state index in [0.717, 1.165) is 16.5 Å². The van der Waals surface area contributed by atoms with E-state index < -0.39 is 5.60 Å². The number of pyridine rings is 1. The van der Waals surface area contributed by atoms with Crippen LogP contribution in [0.5, 0.6) is 0 Å².